The molecule has 0 radical (unpaired) electrons. The average Bonchev–Trinajstić information content (AvgIpc) is 3.05. The number of unbranched alkanes of at least 4 members (excludes halogenated alkanes) is 3. The molecule has 46 heavy (non-hydrogen) atoms. The van der Waals surface area contributed by atoms with Crippen LogP contribution in [0.5, 0.6) is 0 Å². The van der Waals surface area contributed by atoms with Gasteiger partial charge < -0.3 is 9.64 Å². The van der Waals surface area contributed by atoms with Crippen LogP contribution in [0.3, 0.4) is 0 Å². The van der Waals surface area contributed by atoms with Gasteiger partial charge in [-0.05, 0) is 28.1 Å². The molecule has 0 bridgehead atoms. The summed E-state index contributed by atoms with van der Waals surface area (Å²) in [4.78, 5) is 19.5. The minimum absolute atomic E-state index is 0.667. The molecule has 4 aliphatic rings. The summed E-state index contributed by atoms with van der Waals surface area (Å²) in [5.74, 6) is 0. The van der Waals surface area contributed by atoms with Crippen molar-refractivity contribution in [1.29, 1.82) is 0 Å². The van der Waals surface area contributed by atoms with Crippen molar-refractivity contribution in [3.8, 4) is 0 Å². The number of nitrogens with zero attached hydrogens (tertiary/aromatic N) is 6. The van der Waals surface area contributed by atoms with Crippen molar-refractivity contribution in [2.45, 2.75) is 84.7 Å². The number of ether oxygens (including phenoxy) is 2. The fourth-order valence-electron chi connectivity index (χ4n) is 7.31. The molecule has 2 aromatic rings. The summed E-state index contributed by atoms with van der Waals surface area (Å²) in [6.07, 6.45) is 12.3. The van der Waals surface area contributed by atoms with Crippen LogP contribution in [0.4, 0.5) is 11.4 Å². The maximum absolute atomic E-state index is 5.37. The Morgan fingerprint density at radius 2 is 1.07 bits per heavy atom. The van der Waals surface area contributed by atoms with Crippen LogP contribution in [0.15, 0.2) is 41.3 Å². The molecule has 0 aliphatic carbocycles. The second-order valence-corrected chi connectivity index (χ2v) is 27.6. The van der Waals surface area contributed by atoms with Crippen LogP contribution in [-0.2, 0) is 9.47 Å². The van der Waals surface area contributed by atoms with E-state index in [0.717, 1.165) is 83.4 Å². The van der Waals surface area contributed by atoms with Crippen LogP contribution in [0.2, 0.25) is 13.3 Å². The number of aromatic nitrogens is 2. The molecule has 6 heterocycles. The summed E-state index contributed by atoms with van der Waals surface area (Å²) >= 11 is 0.979. The van der Waals surface area contributed by atoms with E-state index in [2.05, 4.69) is 85.7 Å². The Kier molecular flexibility index (Phi) is 14.8. The Morgan fingerprint density at radius 1 is 0.630 bits per heavy atom. The molecule has 10 heteroatoms. The molecule has 0 N–H and O–H groups in total. The third-order valence-electron chi connectivity index (χ3n) is 10.7. The van der Waals surface area contributed by atoms with E-state index in [1.54, 1.807) is 3.71 Å². The fraction of sp³-hybridized carbons (Fsp3) is 0.722. The van der Waals surface area contributed by atoms with E-state index in [-0.39, 0.29) is 0 Å². The van der Waals surface area contributed by atoms with Crippen LogP contribution in [-0.4, -0.2) is 129 Å². The summed E-state index contributed by atoms with van der Waals surface area (Å²) in [7, 11) is 0. The summed E-state index contributed by atoms with van der Waals surface area (Å²) in [6.45, 7) is 19.7. The van der Waals surface area contributed by atoms with Gasteiger partial charge in [0, 0.05) is 26.2 Å². The van der Waals surface area contributed by atoms with Crippen molar-refractivity contribution in [2.75, 3.05) is 88.6 Å². The quantitative estimate of drug-likeness (QED) is 0.170. The van der Waals surface area contributed by atoms with Gasteiger partial charge in [0.1, 0.15) is 4.60 Å². The molecule has 4 saturated heterocycles. The third-order valence-corrected chi connectivity index (χ3v) is 26.3. The summed E-state index contributed by atoms with van der Waals surface area (Å²) in [5, 5.41) is 0. The van der Waals surface area contributed by atoms with E-state index >= 15 is 0 Å². The van der Waals surface area contributed by atoms with Gasteiger partial charge >= 0.3 is 184 Å². The molecule has 4 fully saturated rings. The second kappa shape index (κ2) is 18.7. The van der Waals surface area contributed by atoms with Gasteiger partial charge in [0.15, 0.2) is 0 Å². The van der Waals surface area contributed by atoms with Gasteiger partial charge in [0.25, 0.3) is 0 Å². The van der Waals surface area contributed by atoms with Gasteiger partial charge in [0.05, 0.1) is 31.1 Å². The number of rotatable bonds is 14. The van der Waals surface area contributed by atoms with E-state index < -0.39 is 18.4 Å². The van der Waals surface area contributed by atoms with Crippen molar-refractivity contribution in [3.63, 3.8) is 0 Å². The van der Waals surface area contributed by atoms with E-state index in [0.29, 0.717) is 12.1 Å². The van der Waals surface area contributed by atoms with Crippen LogP contribution < -0.4 is 13.5 Å². The minimum atomic E-state index is -2.38. The molecule has 4 aliphatic heterocycles. The standard InChI is InChI=1S/C12H16BrN3O.C12H16N3O.3C4H9.Sn/c13-12-2-1-10(7-14-12)15-3-5-16(6-4-15)11-8-17-9-11;1-2-11(8-13-3-1)14-4-6-15(7-5-14)12-9-16-10-12;3*1-3-4-2;/h1-2,7,11H,3-6,8-9H2;1-2,8,12H,4-7,9-10H2;3*1,3-4H2,2H3;. The molecule has 6 rings (SSSR count). The monoisotopic (exact) mass is 806 g/mol. The first-order valence-electron chi connectivity index (χ1n) is 18.3. The first kappa shape index (κ1) is 36.3. The number of hydrogen-bond donors (Lipinski definition) is 0. The molecule has 8 nitrogen and oxygen atoms in total. The molecule has 0 aromatic carbocycles. The zero-order chi connectivity index (χ0) is 32.2. The first-order valence-corrected chi connectivity index (χ1v) is 26.5. The van der Waals surface area contributed by atoms with Gasteiger partial charge in [-0.3, -0.25) is 4.90 Å². The predicted molar refractivity (Wildman–Crippen MR) is 197 cm³/mol. The maximum atomic E-state index is 5.37. The van der Waals surface area contributed by atoms with Gasteiger partial charge in [-0.2, -0.15) is 0 Å². The SMILES string of the molecule is Brc1ccc(N2CCN(C3COC3)CC2)cn1.CCC[CH2][Sn]([CH2]CCC)([CH2]CCC)[c]1ccc(N2CCN(C3COC3)CC2)cn1. The normalized spacial score (nSPS) is 20.2. The van der Waals surface area contributed by atoms with Crippen LogP contribution >= 0.6 is 15.9 Å². The van der Waals surface area contributed by atoms with Gasteiger partial charge in [-0.1, -0.05) is 0 Å². The molecule has 256 valence electrons. The summed E-state index contributed by atoms with van der Waals surface area (Å²) < 4.78 is 17.6. The summed E-state index contributed by atoms with van der Waals surface area (Å²) in [6, 6.07) is 10.3. The molecule has 0 spiro atoms. The van der Waals surface area contributed by atoms with Crippen molar-refractivity contribution in [2.24, 2.45) is 0 Å². The van der Waals surface area contributed by atoms with Crippen molar-refractivity contribution < 1.29 is 9.47 Å². The van der Waals surface area contributed by atoms with Crippen molar-refractivity contribution in [1.82, 2.24) is 19.8 Å². The molecule has 0 saturated carbocycles. The Balaban J connectivity index is 0.000000207. The van der Waals surface area contributed by atoms with E-state index in [4.69, 9.17) is 14.5 Å². The number of anilines is 2. The third kappa shape index (κ3) is 9.80. The van der Waals surface area contributed by atoms with Gasteiger partial charge in [-0.25, -0.2) is 4.98 Å². The number of halogens is 1. The zero-order valence-electron chi connectivity index (χ0n) is 28.8. The molecular formula is C36H59BrN6O2Sn. The summed E-state index contributed by atoms with van der Waals surface area (Å²) in [5.41, 5.74) is 2.55. The second-order valence-electron chi connectivity index (χ2n) is 13.8. The Morgan fingerprint density at radius 3 is 1.39 bits per heavy atom. The van der Waals surface area contributed by atoms with E-state index in [1.807, 2.05) is 12.3 Å². The van der Waals surface area contributed by atoms with Gasteiger partial charge in [0.2, 0.25) is 0 Å². The Labute approximate surface area is 291 Å². The van der Waals surface area contributed by atoms with Crippen LogP contribution in [0.1, 0.15) is 59.3 Å². The fourth-order valence-corrected chi connectivity index (χ4v) is 22.9. The topological polar surface area (TPSA) is 57.2 Å². The van der Waals surface area contributed by atoms with Crippen LogP contribution in [0, 0.1) is 0 Å². The molecule has 0 unspecified atom stereocenters. The average molecular weight is 807 g/mol. The number of hydrogen-bond acceptors (Lipinski definition) is 8. The van der Waals surface area contributed by atoms with Crippen LogP contribution in [0.25, 0.3) is 0 Å². The first-order chi connectivity index (χ1) is 22.5. The van der Waals surface area contributed by atoms with Gasteiger partial charge in [-0.15, -0.1) is 0 Å². The molecule has 2 aromatic heterocycles. The zero-order valence-corrected chi connectivity index (χ0v) is 33.3. The molecule has 0 atom stereocenters. The Bertz CT molecular complexity index is 1110. The Hall–Kier alpha value is -0.981. The predicted octanol–water partition coefficient (Wildman–Crippen LogP) is 6.02. The van der Waals surface area contributed by atoms with E-state index in [1.165, 1.54) is 63.2 Å². The number of pyridine rings is 2. The van der Waals surface area contributed by atoms with E-state index in [9.17, 15) is 0 Å². The van der Waals surface area contributed by atoms with Crippen molar-refractivity contribution in [3.05, 3.63) is 41.3 Å². The van der Waals surface area contributed by atoms with Crippen molar-refractivity contribution >= 4 is 49.4 Å². The number of piperazine rings is 2. The molecule has 0 amide bonds. The molecular weight excluding hydrogens is 747 g/mol.